The Morgan fingerprint density at radius 1 is 1.68 bits per heavy atom. The lowest BCUT2D eigenvalue weighted by molar-refractivity contribution is -0.294. The van der Waals surface area contributed by atoms with Gasteiger partial charge in [-0.15, -0.1) is 0 Å². The predicted molar refractivity (Wildman–Crippen MR) is 62.4 cm³/mol. The van der Waals surface area contributed by atoms with E-state index in [4.69, 9.17) is 20.5 Å². The number of nitrogens with one attached hydrogen (secondary N) is 1. The van der Waals surface area contributed by atoms with Crippen LogP contribution in [0.15, 0.2) is 12.3 Å². The van der Waals surface area contributed by atoms with Gasteiger partial charge in [-0.2, -0.15) is 8.78 Å². The summed E-state index contributed by atoms with van der Waals surface area (Å²) in [6.45, 7) is -0.879. The van der Waals surface area contributed by atoms with Gasteiger partial charge in [-0.1, -0.05) is 0 Å². The lowest BCUT2D eigenvalue weighted by Crippen LogP contribution is -2.40. The molecule has 0 spiro atoms. The standard InChI is InChI=1S/C9H13F2N4O6P/c10-9(11)6(16)4(3-20-22(13,18)19)21-7(9)15-2-1-5(12)14-8(15)17/h1-2,4,6-7,16H,3H2,(H2,12,14,17)(H3,13,18,19)/p-1/t4-,6-,7-/m1/s1. The van der Waals surface area contributed by atoms with E-state index in [2.05, 4.69) is 9.51 Å². The van der Waals surface area contributed by atoms with Gasteiger partial charge in [0.15, 0.2) is 6.10 Å². The fraction of sp³-hybridized carbons (Fsp3) is 0.556. The van der Waals surface area contributed by atoms with Crippen molar-refractivity contribution in [2.45, 2.75) is 24.4 Å². The second kappa shape index (κ2) is 5.65. The summed E-state index contributed by atoms with van der Waals surface area (Å²) in [7, 11) is -4.44. The first kappa shape index (κ1) is 16.9. The molecule has 5 N–H and O–H groups in total. The molecule has 0 radical (unpaired) electrons. The summed E-state index contributed by atoms with van der Waals surface area (Å²) in [5.74, 6) is -3.89. The lowest BCUT2D eigenvalue weighted by atomic mass is 10.1. The van der Waals surface area contributed by atoms with Crippen LogP contribution in [0.5, 0.6) is 6.01 Å². The first-order chi connectivity index (χ1) is 10.0. The zero-order valence-corrected chi connectivity index (χ0v) is 11.7. The number of alkyl halides is 2. The third-order valence-corrected chi connectivity index (χ3v) is 3.40. The minimum absolute atomic E-state index is 0.405. The van der Waals surface area contributed by atoms with Crippen molar-refractivity contribution in [3.8, 4) is 6.01 Å². The summed E-state index contributed by atoms with van der Waals surface area (Å²) in [6.07, 6.45) is -5.42. The van der Waals surface area contributed by atoms with Gasteiger partial charge in [0.2, 0.25) is 6.23 Å². The molecule has 0 bridgehead atoms. The molecule has 2 heterocycles. The second-order valence-corrected chi connectivity index (χ2v) is 5.90. The molecule has 4 atom stereocenters. The zero-order chi connectivity index (χ0) is 16.7. The van der Waals surface area contributed by atoms with Gasteiger partial charge in [-0.3, -0.25) is 9.93 Å². The zero-order valence-electron chi connectivity index (χ0n) is 10.8. The van der Waals surface area contributed by atoms with Crippen molar-refractivity contribution in [2.75, 3.05) is 6.61 Å². The normalized spacial score (nSPS) is 30.1. The fourth-order valence-corrected chi connectivity index (χ4v) is 2.24. The fourth-order valence-electron chi connectivity index (χ4n) is 1.88. The molecule has 1 aromatic heterocycles. The van der Waals surface area contributed by atoms with E-state index < -0.39 is 50.2 Å². The molecule has 0 aliphatic carbocycles. The molecule has 1 aliphatic rings. The highest BCUT2D eigenvalue weighted by molar-refractivity contribution is 7.50. The Morgan fingerprint density at radius 2 is 2.32 bits per heavy atom. The van der Waals surface area contributed by atoms with Crippen molar-refractivity contribution < 1.29 is 37.7 Å². The number of hydrogen-bond acceptors (Lipinski definition) is 7. The molecule has 22 heavy (non-hydrogen) atoms. The Hall–Kier alpha value is -1.43. The minimum Gasteiger partial charge on any atom is -0.846 e. The van der Waals surface area contributed by atoms with E-state index in [1.165, 1.54) is 0 Å². The summed E-state index contributed by atoms with van der Waals surface area (Å²) in [5, 5.41) is 28.2. The van der Waals surface area contributed by atoms with Gasteiger partial charge < -0.3 is 24.4 Å². The van der Waals surface area contributed by atoms with Crippen molar-refractivity contribution in [3.05, 3.63) is 17.8 Å². The average Bonchev–Trinajstić information content (AvgIpc) is 2.59. The van der Waals surface area contributed by atoms with E-state index in [0.29, 0.717) is 4.57 Å². The quantitative estimate of drug-likeness (QED) is 0.475. The third-order valence-electron chi connectivity index (χ3n) is 2.89. The van der Waals surface area contributed by atoms with Crippen LogP contribution in [0.2, 0.25) is 0 Å². The largest absolute Gasteiger partial charge is 0.846 e. The number of ether oxygens (including phenoxy) is 1. The van der Waals surface area contributed by atoms with Crippen LogP contribution in [0.4, 0.5) is 8.78 Å². The van der Waals surface area contributed by atoms with E-state index in [1.54, 1.807) is 0 Å². The number of rotatable bonds is 4. The molecule has 0 amide bonds. The van der Waals surface area contributed by atoms with Crippen LogP contribution >= 0.6 is 7.75 Å². The Bertz CT molecular complexity index is 664. The molecule has 1 aromatic rings. The highest BCUT2D eigenvalue weighted by Gasteiger charge is 2.59. The molecule has 1 aliphatic heterocycles. The van der Waals surface area contributed by atoms with Crippen molar-refractivity contribution in [1.29, 1.82) is 5.41 Å². The number of halogens is 2. The van der Waals surface area contributed by atoms with E-state index in [-0.39, 0.29) is 0 Å². The maximum Gasteiger partial charge on any atom is 0.400 e. The van der Waals surface area contributed by atoms with E-state index in [1.807, 2.05) is 0 Å². The van der Waals surface area contributed by atoms with E-state index in [9.17, 15) is 23.6 Å². The Labute approximate surface area is 121 Å². The molecule has 124 valence electrons. The molecule has 2 rings (SSSR count). The summed E-state index contributed by atoms with van der Waals surface area (Å²) >= 11 is 0. The summed E-state index contributed by atoms with van der Waals surface area (Å²) in [6, 6.07) is -0.184. The maximum atomic E-state index is 14.0. The Morgan fingerprint density at radius 3 is 2.86 bits per heavy atom. The number of aliphatic hydroxyl groups is 1. The van der Waals surface area contributed by atoms with Crippen LogP contribution in [0.3, 0.4) is 0 Å². The maximum absolute atomic E-state index is 14.0. The van der Waals surface area contributed by atoms with Gasteiger partial charge in [-0.25, -0.2) is 15.1 Å². The topological polar surface area (TPSA) is 167 Å². The number of aromatic nitrogens is 2. The van der Waals surface area contributed by atoms with Crippen LogP contribution in [-0.4, -0.2) is 44.3 Å². The molecular weight excluding hydrogens is 329 g/mol. The van der Waals surface area contributed by atoms with Crippen molar-refractivity contribution in [3.63, 3.8) is 0 Å². The smallest absolute Gasteiger partial charge is 0.400 e. The Kier molecular flexibility index (Phi) is 4.35. The molecule has 0 saturated carbocycles. The number of nitrogens with two attached hydrogens (primary N) is 1. The second-order valence-electron chi connectivity index (χ2n) is 4.51. The van der Waals surface area contributed by atoms with Crippen LogP contribution in [0, 0.1) is 5.41 Å². The summed E-state index contributed by atoms with van der Waals surface area (Å²) < 4.78 is 48.3. The minimum atomic E-state index is -4.44. The van der Waals surface area contributed by atoms with Crippen LogP contribution in [-0.2, 0) is 13.8 Å². The third kappa shape index (κ3) is 3.32. The van der Waals surface area contributed by atoms with Crippen molar-refractivity contribution >= 4 is 7.75 Å². The van der Waals surface area contributed by atoms with Crippen molar-refractivity contribution in [2.24, 2.45) is 5.50 Å². The summed E-state index contributed by atoms with van der Waals surface area (Å²) in [5.41, 5.74) is 4.27. The van der Waals surface area contributed by atoms with Gasteiger partial charge in [-0.05, 0) is 6.07 Å². The molecule has 1 fully saturated rings. The average molecular weight is 341 g/mol. The molecule has 10 nitrogen and oxygen atoms in total. The van der Waals surface area contributed by atoms with Gasteiger partial charge in [0.25, 0.3) is 0 Å². The number of nitrogens with zero attached hydrogens (tertiary/aromatic N) is 2. The van der Waals surface area contributed by atoms with Crippen LogP contribution < -0.4 is 16.1 Å². The van der Waals surface area contributed by atoms with Gasteiger partial charge in [0.05, 0.1) is 12.6 Å². The van der Waals surface area contributed by atoms with Gasteiger partial charge >= 0.3 is 13.7 Å². The van der Waals surface area contributed by atoms with E-state index >= 15 is 0 Å². The molecular formula is C9H12F2N4O6P-. The number of aliphatic hydroxyl groups excluding tert-OH is 1. The first-order valence-electron chi connectivity index (χ1n) is 5.80. The van der Waals surface area contributed by atoms with Crippen LogP contribution in [0.1, 0.15) is 6.23 Å². The monoisotopic (exact) mass is 341 g/mol. The first-order valence-corrected chi connectivity index (χ1v) is 7.45. The van der Waals surface area contributed by atoms with Gasteiger partial charge in [0, 0.05) is 6.20 Å². The summed E-state index contributed by atoms with van der Waals surface area (Å²) in [4.78, 5) is 11.9. The van der Waals surface area contributed by atoms with Crippen molar-refractivity contribution in [1.82, 2.24) is 9.55 Å². The van der Waals surface area contributed by atoms with E-state index in [0.717, 1.165) is 12.3 Å². The number of hydrogen-bond donors (Lipinski definition) is 4. The lowest BCUT2D eigenvalue weighted by Gasteiger charge is -2.25. The Balaban J connectivity index is 2.26. The highest BCUT2D eigenvalue weighted by atomic mass is 31.2. The molecule has 13 heteroatoms. The molecule has 1 saturated heterocycles. The highest BCUT2D eigenvalue weighted by Crippen LogP contribution is 2.44. The molecule has 1 unspecified atom stereocenters. The van der Waals surface area contributed by atoms with Gasteiger partial charge in [0.1, 0.15) is 11.6 Å². The SMILES string of the molecule is N=c1ccn([C@@H]2O[C@H](COP(N)(=O)O)[C@@H](O)C2(F)F)c([O-])n1. The van der Waals surface area contributed by atoms with Crippen LogP contribution in [0.25, 0.3) is 0 Å². The molecule has 0 aromatic carbocycles. The predicted octanol–water partition coefficient (Wildman–Crippen LogP) is -1.59.